The van der Waals surface area contributed by atoms with E-state index in [1.54, 1.807) is 7.11 Å². The first-order valence-corrected chi connectivity index (χ1v) is 4.47. The molecule has 74 valence electrons. The summed E-state index contributed by atoms with van der Waals surface area (Å²) < 4.78 is 4.99. The Kier molecular flexibility index (Phi) is 6.34. The number of ether oxygens (including phenoxy) is 1. The van der Waals surface area contributed by atoms with Crippen LogP contribution in [0.25, 0.3) is 0 Å². The maximum Gasteiger partial charge on any atom is 0.0613 e. The van der Waals surface area contributed by atoms with Gasteiger partial charge >= 0.3 is 0 Å². The van der Waals surface area contributed by atoms with E-state index >= 15 is 0 Å². The van der Waals surface area contributed by atoms with Crippen LogP contribution in [0.5, 0.6) is 0 Å². The summed E-state index contributed by atoms with van der Waals surface area (Å²) in [5.74, 6) is 0.296. The van der Waals surface area contributed by atoms with Crippen molar-refractivity contribution in [3.8, 4) is 0 Å². The maximum absolute atomic E-state index is 8.88. The second-order valence-electron chi connectivity index (χ2n) is 3.47. The predicted octanol–water partition coefficient (Wildman–Crippen LogP) is 0.628. The van der Waals surface area contributed by atoms with Crippen molar-refractivity contribution in [1.29, 1.82) is 0 Å². The number of nitrogens with one attached hydrogen (secondary N) is 1. The molecule has 0 radical (unpaired) electrons. The van der Waals surface area contributed by atoms with Gasteiger partial charge in [0.15, 0.2) is 0 Å². The van der Waals surface area contributed by atoms with Gasteiger partial charge in [-0.3, -0.25) is 0 Å². The second-order valence-corrected chi connectivity index (χ2v) is 3.47. The van der Waals surface area contributed by atoms with Gasteiger partial charge in [-0.25, -0.2) is 0 Å². The van der Waals surface area contributed by atoms with E-state index in [1.165, 1.54) is 0 Å². The summed E-state index contributed by atoms with van der Waals surface area (Å²) in [6.45, 7) is 7.12. The van der Waals surface area contributed by atoms with Gasteiger partial charge in [0.05, 0.1) is 6.61 Å². The monoisotopic (exact) mass is 175 g/mol. The van der Waals surface area contributed by atoms with Crippen LogP contribution in [0.2, 0.25) is 0 Å². The van der Waals surface area contributed by atoms with Gasteiger partial charge in [0.1, 0.15) is 0 Å². The molecule has 0 aliphatic heterocycles. The summed E-state index contributed by atoms with van der Waals surface area (Å²) in [5, 5.41) is 12.2. The summed E-state index contributed by atoms with van der Waals surface area (Å²) in [6, 6.07) is 0.680. The molecule has 0 fully saturated rings. The SMILES string of the molecule is COCC(C)NC(C)C(C)CO. The van der Waals surface area contributed by atoms with Crippen molar-refractivity contribution in [3.05, 3.63) is 0 Å². The van der Waals surface area contributed by atoms with Crippen LogP contribution in [0.15, 0.2) is 0 Å². The second kappa shape index (κ2) is 6.40. The van der Waals surface area contributed by atoms with Crippen molar-refractivity contribution in [3.63, 3.8) is 0 Å². The Bertz CT molecular complexity index is 109. The quantitative estimate of drug-likeness (QED) is 0.622. The van der Waals surface area contributed by atoms with E-state index in [4.69, 9.17) is 9.84 Å². The van der Waals surface area contributed by atoms with Crippen LogP contribution in [-0.2, 0) is 4.74 Å². The third-order valence-corrected chi connectivity index (χ3v) is 2.11. The van der Waals surface area contributed by atoms with E-state index < -0.39 is 0 Å². The smallest absolute Gasteiger partial charge is 0.0613 e. The number of aliphatic hydroxyl groups excluding tert-OH is 1. The zero-order valence-corrected chi connectivity index (χ0v) is 8.50. The summed E-state index contributed by atoms with van der Waals surface area (Å²) in [4.78, 5) is 0. The van der Waals surface area contributed by atoms with Crippen molar-refractivity contribution in [1.82, 2.24) is 5.32 Å². The van der Waals surface area contributed by atoms with Gasteiger partial charge in [-0.1, -0.05) is 6.92 Å². The Morgan fingerprint density at radius 1 is 1.33 bits per heavy atom. The minimum atomic E-state index is 0.230. The van der Waals surface area contributed by atoms with E-state index in [-0.39, 0.29) is 6.61 Å². The van der Waals surface area contributed by atoms with Gasteiger partial charge in [-0.05, 0) is 19.8 Å². The van der Waals surface area contributed by atoms with Gasteiger partial charge in [-0.2, -0.15) is 0 Å². The van der Waals surface area contributed by atoms with E-state index in [0.717, 1.165) is 0 Å². The Morgan fingerprint density at radius 3 is 2.33 bits per heavy atom. The van der Waals surface area contributed by atoms with E-state index in [0.29, 0.717) is 24.6 Å². The molecule has 0 bridgehead atoms. The fourth-order valence-corrected chi connectivity index (χ4v) is 1.07. The molecule has 0 aliphatic rings. The average molecular weight is 175 g/mol. The van der Waals surface area contributed by atoms with Gasteiger partial charge in [0, 0.05) is 25.8 Å². The molecule has 0 rings (SSSR count). The summed E-state index contributed by atoms with van der Waals surface area (Å²) in [6.07, 6.45) is 0. The summed E-state index contributed by atoms with van der Waals surface area (Å²) in [5.41, 5.74) is 0. The van der Waals surface area contributed by atoms with Crippen molar-refractivity contribution in [2.24, 2.45) is 5.92 Å². The van der Waals surface area contributed by atoms with Gasteiger partial charge in [0.2, 0.25) is 0 Å². The van der Waals surface area contributed by atoms with Crippen LogP contribution in [0.3, 0.4) is 0 Å². The zero-order chi connectivity index (χ0) is 9.56. The van der Waals surface area contributed by atoms with Crippen molar-refractivity contribution in [2.75, 3.05) is 20.3 Å². The highest BCUT2D eigenvalue weighted by molar-refractivity contribution is 4.71. The molecule has 0 saturated carbocycles. The number of methoxy groups -OCH3 is 1. The standard InChI is InChI=1S/C9H21NO2/c1-7(5-11)9(3)10-8(2)6-12-4/h7-11H,5-6H2,1-4H3. The van der Waals surface area contributed by atoms with E-state index in [1.807, 2.05) is 6.92 Å². The van der Waals surface area contributed by atoms with E-state index in [9.17, 15) is 0 Å². The molecule has 3 heteroatoms. The first-order chi connectivity index (χ1) is 5.61. The predicted molar refractivity (Wildman–Crippen MR) is 50.2 cm³/mol. The lowest BCUT2D eigenvalue weighted by atomic mass is 10.0. The first kappa shape index (κ1) is 11.9. The van der Waals surface area contributed by atoms with E-state index in [2.05, 4.69) is 19.2 Å². The Morgan fingerprint density at radius 2 is 1.92 bits per heavy atom. The summed E-state index contributed by atoms with van der Waals surface area (Å²) in [7, 11) is 1.69. The number of hydrogen-bond acceptors (Lipinski definition) is 3. The molecule has 0 aromatic carbocycles. The molecular weight excluding hydrogens is 154 g/mol. The number of rotatable bonds is 6. The average Bonchev–Trinajstić information content (AvgIpc) is 2.03. The molecule has 3 nitrogen and oxygen atoms in total. The van der Waals surface area contributed by atoms with Crippen LogP contribution in [0, 0.1) is 5.92 Å². The molecule has 0 saturated heterocycles. The lowest BCUT2D eigenvalue weighted by Gasteiger charge is -2.23. The van der Waals surface area contributed by atoms with Crippen LogP contribution >= 0.6 is 0 Å². The van der Waals surface area contributed by atoms with Crippen LogP contribution in [0.1, 0.15) is 20.8 Å². The first-order valence-electron chi connectivity index (χ1n) is 4.47. The number of hydrogen-bond donors (Lipinski definition) is 2. The molecule has 0 heterocycles. The van der Waals surface area contributed by atoms with Crippen molar-refractivity contribution >= 4 is 0 Å². The Balaban J connectivity index is 3.59. The minimum Gasteiger partial charge on any atom is -0.396 e. The topological polar surface area (TPSA) is 41.5 Å². The third-order valence-electron chi connectivity index (χ3n) is 2.11. The molecular formula is C9H21NO2. The highest BCUT2D eigenvalue weighted by atomic mass is 16.5. The molecule has 2 N–H and O–H groups in total. The Hall–Kier alpha value is -0.120. The molecule has 0 amide bonds. The maximum atomic E-state index is 8.88. The highest BCUT2D eigenvalue weighted by Gasteiger charge is 2.12. The summed E-state index contributed by atoms with van der Waals surface area (Å²) >= 11 is 0. The molecule has 0 aliphatic carbocycles. The van der Waals surface area contributed by atoms with Gasteiger partial charge in [0.25, 0.3) is 0 Å². The van der Waals surface area contributed by atoms with Crippen molar-refractivity contribution < 1.29 is 9.84 Å². The lowest BCUT2D eigenvalue weighted by Crippen LogP contribution is -2.41. The fourth-order valence-electron chi connectivity index (χ4n) is 1.07. The molecule has 3 unspecified atom stereocenters. The highest BCUT2D eigenvalue weighted by Crippen LogP contribution is 2.01. The van der Waals surface area contributed by atoms with Crippen LogP contribution in [0.4, 0.5) is 0 Å². The molecule has 12 heavy (non-hydrogen) atoms. The largest absolute Gasteiger partial charge is 0.396 e. The van der Waals surface area contributed by atoms with Gasteiger partial charge < -0.3 is 15.2 Å². The van der Waals surface area contributed by atoms with Crippen LogP contribution < -0.4 is 5.32 Å². The van der Waals surface area contributed by atoms with Gasteiger partial charge in [-0.15, -0.1) is 0 Å². The third kappa shape index (κ3) is 4.70. The number of aliphatic hydroxyl groups is 1. The van der Waals surface area contributed by atoms with Crippen LogP contribution in [-0.4, -0.2) is 37.5 Å². The molecule has 0 aromatic rings. The molecule has 0 aromatic heterocycles. The normalized spacial score (nSPS) is 18.8. The molecule has 3 atom stereocenters. The zero-order valence-electron chi connectivity index (χ0n) is 8.50. The fraction of sp³-hybridized carbons (Fsp3) is 1.00. The molecule has 0 spiro atoms. The Labute approximate surface area is 75.1 Å². The minimum absolute atomic E-state index is 0.230. The lowest BCUT2D eigenvalue weighted by molar-refractivity contribution is 0.151. The van der Waals surface area contributed by atoms with Crippen molar-refractivity contribution in [2.45, 2.75) is 32.9 Å².